The summed E-state index contributed by atoms with van der Waals surface area (Å²) in [5.74, 6) is 1.65. The number of hydrogen-bond acceptors (Lipinski definition) is 6. The van der Waals surface area contributed by atoms with Crippen LogP contribution < -0.4 is 9.47 Å². The van der Waals surface area contributed by atoms with Gasteiger partial charge in [0.05, 0.1) is 23.2 Å². The van der Waals surface area contributed by atoms with Crippen molar-refractivity contribution in [3.05, 3.63) is 76.0 Å². The number of rotatable bonds is 5. The molecule has 6 heteroatoms. The van der Waals surface area contributed by atoms with Crippen LogP contribution in [0.3, 0.4) is 0 Å². The van der Waals surface area contributed by atoms with Crippen LogP contribution >= 0.6 is 23.1 Å². The molecule has 0 bridgehead atoms. The van der Waals surface area contributed by atoms with E-state index in [4.69, 9.17) is 14.6 Å². The Balaban J connectivity index is 1.60. The first-order valence-electron chi connectivity index (χ1n) is 9.74. The number of nitrogens with zero attached hydrogens (tertiary/aromatic N) is 2. The number of para-hydroxylation sites is 1. The zero-order chi connectivity index (χ0) is 19.8. The molecule has 2 aliphatic heterocycles. The first-order valence-corrected chi connectivity index (χ1v) is 11.8. The summed E-state index contributed by atoms with van der Waals surface area (Å²) in [6, 6.07) is 19.1. The fourth-order valence-corrected chi connectivity index (χ4v) is 5.06. The number of benzene rings is 2. The van der Waals surface area contributed by atoms with E-state index in [2.05, 4.69) is 59.1 Å². The fourth-order valence-electron chi connectivity index (χ4n) is 3.93. The van der Waals surface area contributed by atoms with E-state index in [1.165, 1.54) is 9.77 Å². The highest BCUT2D eigenvalue weighted by molar-refractivity contribution is 7.98. The third-order valence-electron chi connectivity index (χ3n) is 5.29. The molecule has 0 unspecified atom stereocenters. The summed E-state index contributed by atoms with van der Waals surface area (Å²) in [5.41, 5.74) is 3.36. The van der Waals surface area contributed by atoms with Gasteiger partial charge >= 0.3 is 0 Å². The lowest BCUT2D eigenvalue weighted by Crippen LogP contribution is -2.33. The van der Waals surface area contributed by atoms with Crippen LogP contribution in [-0.4, -0.2) is 23.6 Å². The average molecular weight is 423 g/mol. The minimum atomic E-state index is -0.275. The van der Waals surface area contributed by atoms with Gasteiger partial charge in [-0.05, 0) is 42.8 Å². The number of hydrogen-bond donors (Lipinski definition) is 0. The number of ether oxygens (including phenoxy) is 2. The summed E-state index contributed by atoms with van der Waals surface area (Å²) in [7, 11) is 0. The molecule has 0 aliphatic carbocycles. The van der Waals surface area contributed by atoms with Gasteiger partial charge in [-0.15, -0.1) is 23.1 Å². The van der Waals surface area contributed by atoms with Crippen molar-refractivity contribution >= 4 is 28.8 Å². The smallest absolute Gasteiger partial charge is 0.214 e. The molecule has 3 aromatic rings. The Hall–Kier alpha value is -2.44. The van der Waals surface area contributed by atoms with Crippen LogP contribution in [0.15, 0.2) is 70.0 Å². The van der Waals surface area contributed by atoms with Crippen LogP contribution in [0.4, 0.5) is 0 Å². The van der Waals surface area contributed by atoms with Gasteiger partial charge in [0.1, 0.15) is 0 Å². The zero-order valence-corrected chi connectivity index (χ0v) is 18.0. The van der Waals surface area contributed by atoms with Crippen LogP contribution in [0.1, 0.15) is 41.6 Å². The number of fused-ring (bicyclic) bond motifs is 3. The summed E-state index contributed by atoms with van der Waals surface area (Å²) < 4.78 is 12.4. The molecule has 0 saturated carbocycles. The van der Waals surface area contributed by atoms with Crippen molar-refractivity contribution in [2.45, 2.75) is 30.5 Å². The highest BCUT2D eigenvalue weighted by Crippen LogP contribution is 2.51. The van der Waals surface area contributed by atoms with Crippen molar-refractivity contribution in [3.8, 4) is 11.5 Å². The zero-order valence-electron chi connectivity index (χ0n) is 16.4. The molecule has 0 N–H and O–H groups in total. The third kappa shape index (κ3) is 3.30. The molecule has 1 aromatic heterocycles. The quantitative estimate of drug-likeness (QED) is 0.465. The highest BCUT2D eigenvalue weighted by Gasteiger charge is 2.42. The standard InChI is InChI=1S/C23H22N2O2S2/c1-3-26-20-7-4-6-17-19-14-18(21-8-5-13-29-21)24-25(19)23(27-22(17)20)15-9-11-16(28-2)12-10-15/h4-13,19,23H,3,14H2,1-2H3/t19-,23-/m1/s1. The Labute approximate surface area is 179 Å². The second-order valence-electron chi connectivity index (χ2n) is 6.97. The van der Waals surface area contributed by atoms with Crippen molar-refractivity contribution in [2.24, 2.45) is 5.10 Å². The highest BCUT2D eigenvalue weighted by atomic mass is 32.2. The van der Waals surface area contributed by atoms with Gasteiger partial charge in [-0.25, -0.2) is 5.01 Å². The molecule has 3 heterocycles. The summed E-state index contributed by atoms with van der Waals surface area (Å²) >= 11 is 3.47. The first-order chi connectivity index (χ1) is 14.3. The van der Waals surface area contributed by atoms with E-state index in [9.17, 15) is 0 Å². The molecule has 0 fully saturated rings. The predicted octanol–water partition coefficient (Wildman–Crippen LogP) is 6.11. The molecule has 0 amide bonds. The van der Waals surface area contributed by atoms with Crippen LogP contribution in [0.2, 0.25) is 0 Å². The molecule has 0 spiro atoms. The van der Waals surface area contributed by atoms with Gasteiger partial charge < -0.3 is 9.47 Å². The molecular weight excluding hydrogens is 400 g/mol. The van der Waals surface area contributed by atoms with Gasteiger partial charge in [-0.3, -0.25) is 0 Å². The molecule has 0 radical (unpaired) electrons. The molecule has 148 valence electrons. The third-order valence-corrected chi connectivity index (χ3v) is 6.95. The van der Waals surface area contributed by atoms with E-state index in [-0.39, 0.29) is 12.3 Å². The molecule has 29 heavy (non-hydrogen) atoms. The van der Waals surface area contributed by atoms with Crippen molar-refractivity contribution in [2.75, 3.05) is 12.9 Å². The number of thiophene rings is 1. The number of thioether (sulfide) groups is 1. The van der Waals surface area contributed by atoms with Crippen molar-refractivity contribution < 1.29 is 9.47 Å². The Bertz CT molecular complexity index is 1030. The largest absolute Gasteiger partial charge is 0.490 e. The fraction of sp³-hybridized carbons (Fsp3) is 0.261. The van der Waals surface area contributed by atoms with Gasteiger partial charge in [-0.1, -0.05) is 30.3 Å². The van der Waals surface area contributed by atoms with Crippen molar-refractivity contribution in [3.63, 3.8) is 0 Å². The topological polar surface area (TPSA) is 34.1 Å². The van der Waals surface area contributed by atoms with Gasteiger partial charge in [0.25, 0.3) is 0 Å². The maximum Gasteiger partial charge on any atom is 0.214 e. The molecular formula is C23H22N2O2S2. The predicted molar refractivity (Wildman–Crippen MR) is 119 cm³/mol. The lowest BCUT2D eigenvalue weighted by atomic mass is 9.97. The molecule has 2 aliphatic rings. The Kier molecular flexibility index (Phi) is 4.97. The Morgan fingerprint density at radius 3 is 2.76 bits per heavy atom. The Morgan fingerprint density at radius 2 is 2.03 bits per heavy atom. The number of hydrazone groups is 1. The molecule has 0 saturated heterocycles. The maximum absolute atomic E-state index is 6.55. The minimum absolute atomic E-state index is 0.140. The van der Waals surface area contributed by atoms with Gasteiger partial charge in [0.15, 0.2) is 11.5 Å². The maximum atomic E-state index is 6.55. The van der Waals surface area contributed by atoms with E-state index in [1.807, 2.05) is 19.1 Å². The van der Waals surface area contributed by atoms with E-state index in [1.54, 1.807) is 23.1 Å². The lowest BCUT2D eigenvalue weighted by Gasteiger charge is -2.38. The van der Waals surface area contributed by atoms with Gasteiger partial charge in [-0.2, -0.15) is 5.10 Å². The summed E-state index contributed by atoms with van der Waals surface area (Å²) in [4.78, 5) is 2.46. The second kappa shape index (κ2) is 7.76. The van der Waals surface area contributed by atoms with Crippen LogP contribution in [0.25, 0.3) is 0 Å². The van der Waals surface area contributed by atoms with Gasteiger partial charge in [0, 0.05) is 22.4 Å². The summed E-state index contributed by atoms with van der Waals surface area (Å²) in [5, 5.41) is 9.25. The summed E-state index contributed by atoms with van der Waals surface area (Å²) in [6.07, 6.45) is 2.68. The van der Waals surface area contributed by atoms with Crippen LogP contribution in [0.5, 0.6) is 11.5 Å². The van der Waals surface area contributed by atoms with Gasteiger partial charge in [0.2, 0.25) is 6.23 Å². The van der Waals surface area contributed by atoms with Crippen LogP contribution in [0, 0.1) is 0 Å². The van der Waals surface area contributed by atoms with Crippen molar-refractivity contribution in [1.29, 1.82) is 0 Å². The van der Waals surface area contributed by atoms with E-state index < -0.39 is 0 Å². The Morgan fingerprint density at radius 1 is 1.17 bits per heavy atom. The van der Waals surface area contributed by atoms with E-state index in [0.29, 0.717) is 6.61 Å². The first kappa shape index (κ1) is 18.6. The minimum Gasteiger partial charge on any atom is -0.490 e. The summed E-state index contributed by atoms with van der Waals surface area (Å²) in [6.45, 7) is 2.61. The van der Waals surface area contributed by atoms with E-state index >= 15 is 0 Å². The van der Waals surface area contributed by atoms with Crippen molar-refractivity contribution in [1.82, 2.24) is 5.01 Å². The lowest BCUT2D eigenvalue weighted by molar-refractivity contribution is -0.0212. The van der Waals surface area contributed by atoms with E-state index in [0.717, 1.165) is 34.8 Å². The average Bonchev–Trinajstić information content (AvgIpc) is 3.44. The molecule has 2 atom stereocenters. The SMILES string of the molecule is CCOc1cccc2c1O[C@H](c1ccc(SC)cc1)N1N=C(c3cccs3)C[C@H]21. The molecule has 4 nitrogen and oxygen atoms in total. The molecule has 2 aromatic carbocycles. The monoisotopic (exact) mass is 422 g/mol. The molecule has 5 rings (SSSR count). The normalized spacial score (nSPS) is 19.9. The second-order valence-corrected chi connectivity index (χ2v) is 8.80. The van der Waals surface area contributed by atoms with Crippen LogP contribution in [-0.2, 0) is 0 Å².